The number of carbonyl (C=O) groups is 1. The number of rotatable bonds is 1. The summed E-state index contributed by atoms with van der Waals surface area (Å²) in [7, 11) is 1.46. The third-order valence-electron chi connectivity index (χ3n) is 1.41. The van der Waals surface area contributed by atoms with Crippen LogP contribution >= 0.6 is 11.3 Å². The van der Waals surface area contributed by atoms with Gasteiger partial charge in [-0.1, -0.05) is 0 Å². The molecule has 0 unspecified atom stereocenters. The van der Waals surface area contributed by atoms with Gasteiger partial charge in [0.25, 0.3) is 5.91 Å². The Bertz CT molecular complexity index is 337. The molecule has 0 aliphatic heterocycles. The monoisotopic (exact) mass is 180 g/mol. The van der Waals surface area contributed by atoms with Crippen molar-refractivity contribution in [2.45, 2.75) is 6.92 Å². The van der Waals surface area contributed by atoms with Crippen LogP contribution in [0.25, 0.3) is 0 Å². The van der Waals surface area contributed by atoms with E-state index < -0.39 is 0 Å². The molecule has 0 spiro atoms. The molecule has 0 saturated heterocycles. The number of nitrogens with zero attached hydrogens (tertiary/aromatic N) is 2. The molecule has 3 nitrogen and oxygen atoms in total. The third-order valence-corrected chi connectivity index (χ3v) is 2.39. The van der Waals surface area contributed by atoms with Crippen LogP contribution in [0.1, 0.15) is 14.5 Å². The van der Waals surface area contributed by atoms with Gasteiger partial charge in [-0.15, -0.1) is 11.3 Å². The maximum atomic E-state index is 11.3. The van der Waals surface area contributed by atoms with Gasteiger partial charge in [0.2, 0.25) is 0 Å². The van der Waals surface area contributed by atoms with Gasteiger partial charge in [0.15, 0.2) is 6.19 Å². The van der Waals surface area contributed by atoms with Gasteiger partial charge >= 0.3 is 0 Å². The minimum absolute atomic E-state index is 0.240. The van der Waals surface area contributed by atoms with Crippen molar-refractivity contribution in [2.24, 2.45) is 0 Å². The highest BCUT2D eigenvalue weighted by atomic mass is 32.1. The minimum Gasteiger partial charge on any atom is -0.267 e. The van der Waals surface area contributed by atoms with Crippen LogP contribution in [-0.2, 0) is 0 Å². The lowest BCUT2D eigenvalue weighted by molar-refractivity contribution is 0.0863. The Morgan fingerprint density at radius 3 is 2.75 bits per heavy atom. The van der Waals surface area contributed by atoms with E-state index in [1.54, 1.807) is 12.3 Å². The summed E-state index contributed by atoms with van der Waals surface area (Å²) in [6.07, 6.45) is 1.76. The van der Waals surface area contributed by atoms with Crippen LogP contribution < -0.4 is 0 Å². The Morgan fingerprint density at radius 2 is 2.33 bits per heavy atom. The summed E-state index contributed by atoms with van der Waals surface area (Å²) in [4.78, 5) is 14.0. The molecule has 0 radical (unpaired) electrons. The SMILES string of the molecule is Cc1ccc(C(=O)N(C)C#N)s1. The Morgan fingerprint density at radius 1 is 1.67 bits per heavy atom. The first-order valence-corrected chi connectivity index (χ1v) is 4.21. The topological polar surface area (TPSA) is 44.1 Å². The quantitative estimate of drug-likeness (QED) is 0.487. The number of aryl methyl sites for hydroxylation is 1. The van der Waals surface area contributed by atoms with Gasteiger partial charge in [-0.05, 0) is 19.1 Å². The van der Waals surface area contributed by atoms with Gasteiger partial charge < -0.3 is 0 Å². The predicted octanol–water partition coefficient (Wildman–Crippen LogP) is 1.61. The fourth-order valence-corrected chi connectivity index (χ4v) is 1.60. The Kier molecular flexibility index (Phi) is 2.46. The number of hydrogen-bond donors (Lipinski definition) is 0. The molecule has 1 amide bonds. The standard InChI is InChI=1S/C8H8N2OS/c1-6-3-4-7(12-6)8(11)10(2)5-9/h3-4H,1-2H3. The van der Waals surface area contributed by atoms with Crippen LogP contribution in [0.4, 0.5) is 0 Å². The molecular weight excluding hydrogens is 172 g/mol. The summed E-state index contributed by atoms with van der Waals surface area (Å²) < 4.78 is 0. The van der Waals surface area contributed by atoms with Gasteiger partial charge in [0, 0.05) is 11.9 Å². The normalized spacial score (nSPS) is 9.08. The van der Waals surface area contributed by atoms with E-state index in [9.17, 15) is 4.79 Å². The van der Waals surface area contributed by atoms with E-state index in [0.717, 1.165) is 9.78 Å². The zero-order valence-electron chi connectivity index (χ0n) is 6.87. The molecule has 1 aromatic rings. The number of carbonyl (C=O) groups excluding carboxylic acids is 1. The average Bonchev–Trinajstić information content (AvgIpc) is 2.49. The molecule has 12 heavy (non-hydrogen) atoms. The van der Waals surface area contributed by atoms with E-state index in [1.807, 2.05) is 13.0 Å². The molecule has 62 valence electrons. The second-order valence-corrected chi connectivity index (χ2v) is 3.66. The van der Waals surface area contributed by atoms with E-state index in [2.05, 4.69) is 0 Å². The second-order valence-electron chi connectivity index (χ2n) is 2.37. The van der Waals surface area contributed by atoms with E-state index in [1.165, 1.54) is 18.4 Å². The molecule has 0 aliphatic carbocycles. The van der Waals surface area contributed by atoms with Gasteiger partial charge in [0.05, 0.1) is 4.88 Å². The zero-order valence-corrected chi connectivity index (χ0v) is 7.68. The van der Waals surface area contributed by atoms with Crippen LogP contribution in [0.5, 0.6) is 0 Å². The van der Waals surface area contributed by atoms with E-state index in [-0.39, 0.29) is 5.91 Å². The lowest BCUT2D eigenvalue weighted by Gasteiger charge is -2.02. The van der Waals surface area contributed by atoms with Crippen molar-refractivity contribution in [3.63, 3.8) is 0 Å². The molecule has 0 aromatic carbocycles. The smallest absolute Gasteiger partial charge is 0.267 e. The molecule has 1 heterocycles. The largest absolute Gasteiger partial charge is 0.276 e. The maximum absolute atomic E-state index is 11.3. The van der Waals surface area contributed by atoms with E-state index in [0.29, 0.717) is 4.88 Å². The number of nitriles is 1. The Labute approximate surface area is 74.8 Å². The second kappa shape index (κ2) is 3.37. The van der Waals surface area contributed by atoms with Crippen LogP contribution in [0.3, 0.4) is 0 Å². The van der Waals surface area contributed by atoms with Gasteiger partial charge in [-0.2, -0.15) is 5.26 Å². The first kappa shape index (κ1) is 8.75. The number of thiophene rings is 1. The van der Waals surface area contributed by atoms with Crippen molar-refractivity contribution in [1.29, 1.82) is 5.26 Å². The molecule has 1 rings (SSSR count). The van der Waals surface area contributed by atoms with Crippen LogP contribution in [0.15, 0.2) is 12.1 Å². The van der Waals surface area contributed by atoms with Crippen molar-refractivity contribution in [3.05, 3.63) is 21.9 Å². The predicted molar refractivity (Wildman–Crippen MR) is 46.8 cm³/mol. The molecule has 0 aliphatic rings. The van der Waals surface area contributed by atoms with E-state index in [4.69, 9.17) is 5.26 Å². The molecule has 0 fully saturated rings. The lowest BCUT2D eigenvalue weighted by atomic mass is 10.4. The van der Waals surface area contributed by atoms with Crippen molar-refractivity contribution in [1.82, 2.24) is 4.90 Å². The summed E-state index contributed by atoms with van der Waals surface area (Å²) in [5.41, 5.74) is 0. The van der Waals surface area contributed by atoms with Crippen molar-refractivity contribution < 1.29 is 4.79 Å². The summed E-state index contributed by atoms with van der Waals surface area (Å²) in [5.74, 6) is -0.240. The number of hydrogen-bond acceptors (Lipinski definition) is 3. The molecule has 4 heteroatoms. The fraction of sp³-hybridized carbons (Fsp3) is 0.250. The highest BCUT2D eigenvalue weighted by molar-refractivity contribution is 7.13. The highest BCUT2D eigenvalue weighted by Gasteiger charge is 2.11. The fourth-order valence-electron chi connectivity index (χ4n) is 0.760. The van der Waals surface area contributed by atoms with Crippen molar-refractivity contribution >= 4 is 17.2 Å². The van der Waals surface area contributed by atoms with Crippen LogP contribution in [-0.4, -0.2) is 17.9 Å². The minimum atomic E-state index is -0.240. The van der Waals surface area contributed by atoms with E-state index >= 15 is 0 Å². The first-order chi connectivity index (χ1) is 5.65. The van der Waals surface area contributed by atoms with Crippen molar-refractivity contribution in [2.75, 3.05) is 7.05 Å². The van der Waals surface area contributed by atoms with Gasteiger partial charge in [-0.3, -0.25) is 4.79 Å². The third kappa shape index (κ3) is 1.63. The van der Waals surface area contributed by atoms with Crippen LogP contribution in [0, 0.1) is 18.4 Å². The molecular formula is C8H8N2OS. The Balaban J connectivity index is 2.87. The summed E-state index contributed by atoms with van der Waals surface area (Å²) >= 11 is 1.40. The zero-order chi connectivity index (χ0) is 9.14. The molecule has 1 aromatic heterocycles. The van der Waals surface area contributed by atoms with Gasteiger partial charge in [0.1, 0.15) is 0 Å². The van der Waals surface area contributed by atoms with Crippen LogP contribution in [0.2, 0.25) is 0 Å². The molecule has 0 atom stereocenters. The molecule has 0 bridgehead atoms. The summed E-state index contributed by atoms with van der Waals surface area (Å²) in [6, 6.07) is 3.60. The number of amides is 1. The summed E-state index contributed by atoms with van der Waals surface area (Å²) in [5, 5.41) is 8.43. The lowest BCUT2D eigenvalue weighted by Crippen LogP contribution is -2.19. The first-order valence-electron chi connectivity index (χ1n) is 3.39. The maximum Gasteiger partial charge on any atom is 0.276 e. The summed E-state index contributed by atoms with van der Waals surface area (Å²) in [6.45, 7) is 1.92. The Hall–Kier alpha value is -1.34. The highest BCUT2D eigenvalue weighted by Crippen LogP contribution is 2.16. The average molecular weight is 180 g/mol. The van der Waals surface area contributed by atoms with Crippen molar-refractivity contribution in [3.8, 4) is 6.19 Å². The van der Waals surface area contributed by atoms with Gasteiger partial charge in [-0.25, -0.2) is 4.90 Å². The molecule has 0 N–H and O–H groups in total. The molecule has 0 saturated carbocycles.